The van der Waals surface area contributed by atoms with Crippen molar-refractivity contribution in [3.8, 4) is 11.4 Å². The third-order valence-corrected chi connectivity index (χ3v) is 5.80. The van der Waals surface area contributed by atoms with Crippen molar-refractivity contribution < 1.29 is 8.42 Å². The smallest absolute Gasteiger partial charge is 0.236 e. The van der Waals surface area contributed by atoms with Crippen molar-refractivity contribution in [1.29, 1.82) is 0 Å². The molecular weight excluding hydrogens is 393 g/mol. The Bertz CT molecular complexity index is 995. The number of halogens is 2. The number of hydrogen-bond acceptors (Lipinski definition) is 4. The molecule has 3 aromatic rings. The molecule has 1 heterocycles. The number of nitrogens with zero attached hydrogens (tertiary/aromatic N) is 2. The molecule has 1 aromatic heterocycles. The first-order chi connectivity index (χ1) is 12.5. The van der Waals surface area contributed by atoms with Crippen LogP contribution >= 0.6 is 23.2 Å². The molecule has 26 heavy (non-hydrogen) atoms. The van der Waals surface area contributed by atoms with Crippen LogP contribution in [0.15, 0.2) is 65.8 Å². The van der Waals surface area contributed by atoms with E-state index in [1.54, 1.807) is 12.4 Å². The van der Waals surface area contributed by atoms with Crippen molar-refractivity contribution in [1.82, 2.24) is 14.7 Å². The van der Waals surface area contributed by atoms with Crippen LogP contribution < -0.4 is 4.72 Å². The van der Waals surface area contributed by atoms with E-state index in [2.05, 4.69) is 14.7 Å². The van der Waals surface area contributed by atoms with E-state index in [0.717, 1.165) is 11.1 Å². The third-order valence-electron chi connectivity index (χ3n) is 3.63. The van der Waals surface area contributed by atoms with E-state index in [-0.39, 0.29) is 16.5 Å². The largest absolute Gasteiger partial charge is 0.242 e. The van der Waals surface area contributed by atoms with Gasteiger partial charge in [0.2, 0.25) is 10.0 Å². The zero-order chi connectivity index (χ0) is 18.6. The average Bonchev–Trinajstić information content (AvgIpc) is 2.65. The molecule has 3 rings (SSSR count). The van der Waals surface area contributed by atoms with Crippen molar-refractivity contribution in [2.75, 3.05) is 6.54 Å². The zero-order valence-electron chi connectivity index (χ0n) is 13.6. The van der Waals surface area contributed by atoms with Crippen LogP contribution in [0.3, 0.4) is 0 Å². The summed E-state index contributed by atoms with van der Waals surface area (Å²) < 4.78 is 27.2. The Kier molecular flexibility index (Phi) is 5.88. The van der Waals surface area contributed by atoms with Crippen molar-refractivity contribution >= 4 is 33.2 Å². The van der Waals surface area contributed by atoms with Crippen LogP contribution in [-0.4, -0.2) is 24.9 Å². The van der Waals surface area contributed by atoms with E-state index in [1.807, 2.05) is 30.3 Å². The van der Waals surface area contributed by atoms with Gasteiger partial charge in [-0.25, -0.2) is 23.1 Å². The second-order valence-corrected chi connectivity index (χ2v) is 8.08. The van der Waals surface area contributed by atoms with Gasteiger partial charge < -0.3 is 0 Å². The normalized spacial score (nSPS) is 11.5. The fourth-order valence-electron chi connectivity index (χ4n) is 2.31. The predicted octanol–water partition coefficient (Wildman–Crippen LogP) is 3.97. The second-order valence-electron chi connectivity index (χ2n) is 5.50. The molecule has 0 bridgehead atoms. The molecule has 0 atom stereocenters. The summed E-state index contributed by atoms with van der Waals surface area (Å²) in [4.78, 5) is 8.60. The minimum Gasteiger partial charge on any atom is -0.236 e. The fourth-order valence-corrected chi connectivity index (χ4v) is 4.10. The van der Waals surface area contributed by atoms with Gasteiger partial charge >= 0.3 is 0 Å². The summed E-state index contributed by atoms with van der Waals surface area (Å²) in [5, 5.41) is 0.428. The van der Waals surface area contributed by atoms with E-state index in [0.29, 0.717) is 17.3 Å². The lowest BCUT2D eigenvalue weighted by molar-refractivity contribution is 0.581. The summed E-state index contributed by atoms with van der Waals surface area (Å²) in [6.07, 6.45) is 3.83. The van der Waals surface area contributed by atoms with Crippen LogP contribution in [0.5, 0.6) is 0 Å². The Morgan fingerprint density at radius 1 is 0.962 bits per heavy atom. The van der Waals surface area contributed by atoms with Crippen LogP contribution in [0, 0.1) is 0 Å². The summed E-state index contributed by atoms with van der Waals surface area (Å²) in [5.41, 5.74) is 1.75. The molecule has 0 spiro atoms. The lowest BCUT2D eigenvalue weighted by Crippen LogP contribution is -2.26. The molecule has 8 heteroatoms. The van der Waals surface area contributed by atoms with Crippen molar-refractivity contribution in [3.63, 3.8) is 0 Å². The van der Waals surface area contributed by atoms with Gasteiger partial charge in [-0.05, 0) is 30.2 Å². The second kappa shape index (κ2) is 8.14. The first-order valence-corrected chi connectivity index (χ1v) is 10.0. The Morgan fingerprint density at radius 2 is 1.65 bits per heavy atom. The minimum atomic E-state index is -3.74. The number of nitrogens with one attached hydrogen (secondary N) is 1. The third kappa shape index (κ3) is 4.59. The molecule has 0 radical (unpaired) electrons. The SMILES string of the molecule is O=S(=O)(NCCc1cnc(-c2ccccc2)nc1)c1cc(Cl)ccc1Cl. The van der Waals surface area contributed by atoms with Gasteiger partial charge in [-0.1, -0.05) is 53.5 Å². The Balaban J connectivity index is 1.63. The summed E-state index contributed by atoms with van der Waals surface area (Å²) in [6.45, 7) is 0.194. The standard InChI is InChI=1S/C18H15Cl2N3O2S/c19-15-6-7-16(20)17(10-15)26(24,25)23-9-8-13-11-21-18(22-12-13)14-4-2-1-3-5-14/h1-7,10-12,23H,8-9H2. The lowest BCUT2D eigenvalue weighted by atomic mass is 10.2. The van der Waals surface area contributed by atoms with E-state index >= 15 is 0 Å². The first kappa shape index (κ1) is 18.8. The number of hydrogen-bond donors (Lipinski definition) is 1. The highest BCUT2D eigenvalue weighted by atomic mass is 35.5. The van der Waals surface area contributed by atoms with E-state index in [4.69, 9.17) is 23.2 Å². The maximum absolute atomic E-state index is 12.3. The van der Waals surface area contributed by atoms with E-state index in [1.165, 1.54) is 18.2 Å². The highest BCUT2D eigenvalue weighted by molar-refractivity contribution is 7.89. The van der Waals surface area contributed by atoms with Crippen LogP contribution in [0.1, 0.15) is 5.56 Å². The monoisotopic (exact) mass is 407 g/mol. The molecule has 0 saturated heterocycles. The summed E-state index contributed by atoms with van der Waals surface area (Å²) >= 11 is 11.8. The highest BCUT2D eigenvalue weighted by Crippen LogP contribution is 2.24. The Morgan fingerprint density at radius 3 is 2.35 bits per heavy atom. The molecule has 0 unspecified atom stereocenters. The van der Waals surface area contributed by atoms with Crippen molar-refractivity contribution in [2.24, 2.45) is 0 Å². The van der Waals surface area contributed by atoms with Crippen LogP contribution in [0.25, 0.3) is 11.4 Å². The van der Waals surface area contributed by atoms with Gasteiger partial charge in [-0.15, -0.1) is 0 Å². The van der Waals surface area contributed by atoms with Gasteiger partial charge in [0, 0.05) is 29.5 Å². The first-order valence-electron chi connectivity index (χ1n) is 7.77. The quantitative estimate of drug-likeness (QED) is 0.670. The van der Waals surface area contributed by atoms with E-state index < -0.39 is 10.0 Å². The zero-order valence-corrected chi connectivity index (χ0v) is 15.9. The molecule has 0 aliphatic heterocycles. The maximum Gasteiger partial charge on any atom is 0.242 e. The Hall–Kier alpha value is -1.99. The number of benzene rings is 2. The fraction of sp³-hybridized carbons (Fsp3) is 0.111. The number of rotatable bonds is 6. The van der Waals surface area contributed by atoms with Gasteiger partial charge in [0.15, 0.2) is 5.82 Å². The summed E-state index contributed by atoms with van der Waals surface area (Å²) in [7, 11) is -3.74. The molecule has 0 amide bonds. The molecule has 2 aromatic carbocycles. The molecule has 1 N–H and O–H groups in total. The molecule has 5 nitrogen and oxygen atoms in total. The van der Waals surface area contributed by atoms with Crippen LogP contribution in [-0.2, 0) is 16.4 Å². The molecule has 0 aliphatic carbocycles. The average molecular weight is 408 g/mol. The van der Waals surface area contributed by atoms with Gasteiger partial charge in [-0.2, -0.15) is 0 Å². The van der Waals surface area contributed by atoms with Gasteiger partial charge in [0.1, 0.15) is 4.90 Å². The minimum absolute atomic E-state index is 0.0395. The molecule has 0 aliphatic rings. The number of aromatic nitrogens is 2. The number of sulfonamides is 1. The lowest BCUT2D eigenvalue weighted by Gasteiger charge is -2.09. The summed E-state index contributed by atoms with van der Waals surface area (Å²) in [5.74, 6) is 0.626. The molecule has 0 fully saturated rings. The van der Waals surface area contributed by atoms with Crippen LogP contribution in [0.4, 0.5) is 0 Å². The van der Waals surface area contributed by atoms with Crippen LogP contribution in [0.2, 0.25) is 10.0 Å². The van der Waals surface area contributed by atoms with Crippen molar-refractivity contribution in [3.05, 3.63) is 76.5 Å². The summed E-state index contributed by atoms with van der Waals surface area (Å²) in [6, 6.07) is 13.9. The maximum atomic E-state index is 12.3. The van der Waals surface area contributed by atoms with Gasteiger partial charge in [0.25, 0.3) is 0 Å². The predicted molar refractivity (Wildman–Crippen MR) is 103 cm³/mol. The molecule has 134 valence electrons. The van der Waals surface area contributed by atoms with Crippen molar-refractivity contribution in [2.45, 2.75) is 11.3 Å². The topological polar surface area (TPSA) is 72.0 Å². The van der Waals surface area contributed by atoms with E-state index in [9.17, 15) is 8.42 Å². The highest BCUT2D eigenvalue weighted by Gasteiger charge is 2.17. The molecular formula is C18H15Cl2N3O2S. The van der Waals surface area contributed by atoms with Gasteiger partial charge in [-0.3, -0.25) is 0 Å². The Labute approximate surface area is 162 Å². The van der Waals surface area contributed by atoms with Gasteiger partial charge in [0.05, 0.1) is 5.02 Å². The molecule has 0 saturated carbocycles.